The quantitative estimate of drug-likeness (QED) is 0.193. The van der Waals surface area contributed by atoms with Gasteiger partial charge >= 0.3 is 5.97 Å². The number of hydrogen-bond donors (Lipinski definition) is 4. The molecule has 0 amide bonds. The summed E-state index contributed by atoms with van der Waals surface area (Å²) in [4.78, 5) is 22.0. The minimum atomic E-state index is -1.26. The molecule has 2 bridgehead atoms. The number of aromatic nitrogens is 1. The molecule has 0 spiro atoms. The Morgan fingerprint density at radius 3 is 2.59 bits per heavy atom. The predicted octanol–water partition coefficient (Wildman–Crippen LogP) is 5.04. The number of phenolic OH excluding ortho intramolecular Hbond substituents is 1. The number of pyridine rings is 1. The monoisotopic (exact) mass is 607 g/mol. The van der Waals surface area contributed by atoms with E-state index in [9.17, 15) is 19.4 Å². The number of carboxylic acids is 1. The lowest BCUT2D eigenvalue weighted by molar-refractivity contribution is -0.154. The van der Waals surface area contributed by atoms with Crippen molar-refractivity contribution in [1.82, 2.24) is 9.88 Å². The third kappa shape index (κ3) is 5.45. The van der Waals surface area contributed by atoms with Crippen LogP contribution in [0.3, 0.4) is 0 Å². The number of likely N-dealkylation sites (N-methyl/N-ethyl adjacent to an activating group) is 1. The van der Waals surface area contributed by atoms with Crippen molar-refractivity contribution in [3.05, 3.63) is 65.4 Å². The number of rotatable bonds is 9. The summed E-state index contributed by atoms with van der Waals surface area (Å²) in [5.74, 6) is -4.73. The Kier molecular flexibility index (Phi) is 7.48. The average Bonchev–Trinajstić information content (AvgIpc) is 3.43. The number of nitrogens with zero attached hydrogens (tertiary/aromatic N) is 3. The van der Waals surface area contributed by atoms with Crippen LogP contribution >= 0.6 is 0 Å². The molecule has 11 nitrogen and oxygen atoms in total. The summed E-state index contributed by atoms with van der Waals surface area (Å²) in [6, 6.07) is 8.68. The zero-order valence-electron chi connectivity index (χ0n) is 23.8. The first-order valence-corrected chi connectivity index (χ1v) is 14.2. The number of aromatic hydroxyl groups is 1. The molecule has 0 radical (unpaired) electrons. The SMILES string of the molecule is CN1CCN=C1c1cc(OC23CCC(CC2)C(C(=O)O)C3)ccc1Oc1c(F)cnc(Oc2cc(C(=N)N)ccc2O)c1F. The fraction of sp³-hybridized carbons (Fsp3) is 0.355. The molecule has 3 saturated carbocycles. The molecule has 1 atom stereocenters. The molecule has 13 heteroatoms. The van der Waals surface area contributed by atoms with E-state index in [-0.39, 0.29) is 34.6 Å². The number of phenols is 1. The largest absolute Gasteiger partial charge is 0.504 e. The second-order valence-electron chi connectivity index (χ2n) is 11.4. The van der Waals surface area contributed by atoms with Gasteiger partial charge in [-0.05, 0) is 68.0 Å². The Hall–Kier alpha value is -4.94. The van der Waals surface area contributed by atoms with E-state index in [1.165, 1.54) is 24.3 Å². The van der Waals surface area contributed by atoms with E-state index < -0.39 is 40.8 Å². The summed E-state index contributed by atoms with van der Waals surface area (Å²) in [5, 5.41) is 27.5. The number of amidine groups is 2. The van der Waals surface area contributed by atoms with E-state index in [2.05, 4.69) is 9.98 Å². The van der Waals surface area contributed by atoms with Gasteiger partial charge in [0.25, 0.3) is 5.88 Å². The number of nitrogen functional groups attached to an aromatic ring is 1. The number of hydrogen-bond acceptors (Lipinski definition) is 9. The Labute approximate surface area is 251 Å². The van der Waals surface area contributed by atoms with Crippen molar-refractivity contribution in [2.24, 2.45) is 22.6 Å². The second kappa shape index (κ2) is 11.3. The molecule has 3 aromatic rings. The maximum absolute atomic E-state index is 15.7. The molecule has 0 saturated heterocycles. The first-order chi connectivity index (χ1) is 21.0. The van der Waals surface area contributed by atoms with Crippen LogP contribution in [0.5, 0.6) is 34.6 Å². The molecule has 1 aliphatic heterocycles. The van der Waals surface area contributed by atoms with Crippen molar-refractivity contribution in [2.75, 3.05) is 20.1 Å². The fourth-order valence-electron chi connectivity index (χ4n) is 6.26. The van der Waals surface area contributed by atoms with Gasteiger partial charge in [-0.1, -0.05) is 0 Å². The highest BCUT2D eigenvalue weighted by atomic mass is 19.1. The molecule has 3 fully saturated rings. The van der Waals surface area contributed by atoms with Crippen LogP contribution in [-0.2, 0) is 4.79 Å². The molecular formula is C31H31F2N5O6. The van der Waals surface area contributed by atoms with Crippen LogP contribution in [0.2, 0.25) is 0 Å². The number of benzene rings is 2. The predicted molar refractivity (Wildman–Crippen MR) is 155 cm³/mol. The number of aliphatic imine (C=N–C) groups is 1. The Morgan fingerprint density at radius 1 is 1.14 bits per heavy atom. The van der Waals surface area contributed by atoms with Crippen molar-refractivity contribution >= 4 is 17.6 Å². The standard InChI is InChI=1S/C31H31F2N5O6/c1-38-11-10-36-28(38)19-13-18(44-31-8-6-16(7-9-31)20(14-31)30(40)41)3-5-23(19)42-26-21(32)15-37-29(25(26)33)43-24-12-17(27(34)35)2-4-22(24)39/h2-5,12-13,15-16,20,39H,6-11,14H2,1H3,(H3,34,35)(H,40,41). The molecule has 7 rings (SSSR count). The first kappa shape index (κ1) is 29.1. The lowest BCUT2D eigenvalue weighted by Crippen LogP contribution is -2.51. The number of nitrogens with one attached hydrogen (secondary N) is 1. The van der Waals surface area contributed by atoms with Crippen molar-refractivity contribution in [1.29, 1.82) is 5.41 Å². The van der Waals surface area contributed by atoms with E-state index in [1.54, 1.807) is 12.1 Å². The fourth-order valence-corrected chi connectivity index (χ4v) is 6.26. The van der Waals surface area contributed by atoms with Gasteiger partial charge in [-0.15, -0.1) is 0 Å². The van der Waals surface area contributed by atoms with E-state index in [4.69, 9.17) is 25.4 Å². The average molecular weight is 608 g/mol. The third-order valence-electron chi connectivity index (χ3n) is 8.59. The Morgan fingerprint density at radius 2 is 1.91 bits per heavy atom. The maximum Gasteiger partial charge on any atom is 0.306 e. The molecule has 44 heavy (non-hydrogen) atoms. The first-order valence-electron chi connectivity index (χ1n) is 14.2. The Bertz CT molecular complexity index is 1670. The smallest absolute Gasteiger partial charge is 0.306 e. The number of ether oxygens (including phenoxy) is 3. The Balaban J connectivity index is 1.32. The van der Waals surface area contributed by atoms with Gasteiger partial charge in [0, 0.05) is 25.6 Å². The van der Waals surface area contributed by atoms with Gasteiger partial charge in [-0.3, -0.25) is 15.2 Å². The molecule has 5 N–H and O–H groups in total. The maximum atomic E-state index is 15.7. The van der Waals surface area contributed by atoms with E-state index in [1.807, 2.05) is 11.9 Å². The molecule has 1 aromatic heterocycles. The van der Waals surface area contributed by atoms with Crippen molar-refractivity contribution in [2.45, 2.75) is 37.7 Å². The van der Waals surface area contributed by atoms with Gasteiger partial charge in [-0.25, -0.2) is 9.37 Å². The molecule has 230 valence electrons. The number of fused-ring (bicyclic) bond motifs is 3. The minimum absolute atomic E-state index is 0.0921. The molecular weight excluding hydrogens is 576 g/mol. The number of carboxylic acid groups (broad SMARTS) is 1. The van der Waals surface area contributed by atoms with E-state index >= 15 is 4.39 Å². The third-order valence-corrected chi connectivity index (χ3v) is 8.59. The highest BCUT2D eigenvalue weighted by Crippen LogP contribution is 2.50. The van der Waals surface area contributed by atoms with Crippen LogP contribution in [0.15, 0.2) is 47.6 Å². The summed E-state index contributed by atoms with van der Waals surface area (Å²) < 4.78 is 48.4. The molecule has 2 heterocycles. The van der Waals surface area contributed by atoms with Crippen LogP contribution in [0.1, 0.15) is 43.2 Å². The topological polar surface area (TPSA) is 164 Å². The van der Waals surface area contributed by atoms with E-state index in [0.717, 1.165) is 31.9 Å². The lowest BCUT2D eigenvalue weighted by atomic mass is 9.62. The van der Waals surface area contributed by atoms with Crippen LogP contribution < -0.4 is 19.9 Å². The summed E-state index contributed by atoms with van der Waals surface area (Å²) in [5.41, 5.74) is 5.54. The number of carbonyl (C=O) groups is 1. The van der Waals surface area contributed by atoms with Gasteiger partial charge in [0.1, 0.15) is 28.8 Å². The van der Waals surface area contributed by atoms with Gasteiger partial charge in [0.2, 0.25) is 11.6 Å². The van der Waals surface area contributed by atoms with Crippen molar-refractivity contribution in [3.8, 4) is 34.6 Å². The van der Waals surface area contributed by atoms with Crippen molar-refractivity contribution in [3.63, 3.8) is 0 Å². The summed E-state index contributed by atoms with van der Waals surface area (Å²) in [6.07, 6.45) is 4.20. The van der Waals surface area contributed by atoms with Crippen LogP contribution in [0, 0.1) is 28.9 Å². The van der Waals surface area contributed by atoms with Gasteiger partial charge in [0.05, 0.1) is 24.2 Å². The van der Waals surface area contributed by atoms with Gasteiger partial charge in [-0.2, -0.15) is 4.39 Å². The van der Waals surface area contributed by atoms with Gasteiger partial charge in [0.15, 0.2) is 17.3 Å². The highest BCUT2D eigenvalue weighted by Gasteiger charge is 2.50. The molecule has 3 aliphatic carbocycles. The molecule has 2 aromatic carbocycles. The molecule has 1 unspecified atom stereocenters. The number of halogens is 2. The van der Waals surface area contributed by atoms with Crippen LogP contribution in [0.4, 0.5) is 8.78 Å². The second-order valence-corrected chi connectivity index (χ2v) is 11.4. The normalized spacial score (nSPS) is 22.4. The summed E-state index contributed by atoms with van der Waals surface area (Å²) in [7, 11) is 1.84. The zero-order valence-corrected chi connectivity index (χ0v) is 23.8. The number of nitrogens with two attached hydrogens (primary N) is 1. The van der Waals surface area contributed by atoms with Gasteiger partial charge < -0.3 is 35.1 Å². The lowest BCUT2D eigenvalue weighted by Gasteiger charge is -2.49. The minimum Gasteiger partial charge on any atom is -0.504 e. The molecule has 4 aliphatic rings. The summed E-state index contributed by atoms with van der Waals surface area (Å²) >= 11 is 0. The van der Waals surface area contributed by atoms with Crippen molar-refractivity contribution < 1.29 is 38.0 Å². The summed E-state index contributed by atoms with van der Waals surface area (Å²) in [6.45, 7) is 1.14. The highest BCUT2D eigenvalue weighted by molar-refractivity contribution is 6.02. The number of aliphatic carboxylic acids is 1. The van der Waals surface area contributed by atoms with E-state index in [0.29, 0.717) is 36.7 Å². The van der Waals surface area contributed by atoms with Crippen LogP contribution in [-0.4, -0.2) is 63.5 Å². The van der Waals surface area contributed by atoms with Crippen LogP contribution in [0.25, 0.3) is 0 Å². The zero-order chi connectivity index (χ0) is 31.2.